The monoisotopic (exact) mass is 300 g/mol. The minimum Gasteiger partial charge on any atom is -0.326 e. The first-order valence-electron chi connectivity index (χ1n) is 6.63. The minimum absolute atomic E-state index is 0.0474. The number of benzene rings is 1. The number of nitrogens with one attached hydrogen (secondary N) is 1. The summed E-state index contributed by atoms with van der Waals surface area (Å²) >= 11 is 1.56. The van der Waals surface area contributed by atoms with Gasteiger partial charge in [0.1, 0.15) is 5.69 Å². The van der Waals surface area contributed by atoms with Gasteiger partial charge in [-0.1, -0.05) is 18.7 Å². The van der Waals surface area contributed by atoms with Gasteiger partial charge in [0.15, 0.2) is 5.78 Å². The van der Waals surface area contributed by atoms with Crippen LogP contribution < -0.4 is 5.32 Å². The molecule has 1 amide bonds. The van der Waals surface area contributed by atoms with E-state index in [1.807, 2.05) is 37.3 Å². The number of rotatable bonds is 5. The average Bonchev–Trinajstić information content (AvgIpc) is 2.49. The predicted octanol–water partition coefficient (Wildman–Crippen LogP) is 3.78. The molecule has 4 nitrogen and oxygen atoms in total. The van der Waals surface area contributed by atoms with Gasteiger partial charge >= 0.3 is 0 Å². The molecule has 1 N–H and O–H groups in total. The minimum atomic E-state index is -0.0872. The molecule has 0 aliphatic rings. The van der Waals surface area contributed by atoms with E-state index in [2.05, 4.69) is 10.3 Å². The van der Waals surface area contributed by atoms with Crippen LogP contribution in [0, 0.1) is 0 Å². The molecule has 0 unspecified atom stereocenters. The van der Waals surface area contributed by atoms with E-state index in [1.165, 1.54) is 6.92 Å². The molecular formula is C16H16N2O2S. The molecule has 1 aromatic heterocycles. The molecule has 1 aromatic carbocycles. The number of carbonyl (C=O) groups excluding carboxylic acids is 2. The Morgan fingerprint density at radius 3 is 2.29 bits per heavy atom. The molecule has 0 fully saturated rings. The zero-order valence-electron chi connectivity index (χ0n) is 11.9. The second-order valence-corrected chi connectivity index (χ2v) is 5.61. The zero-order chi connectivity index (χ0) is 15.2. The van der Waals surface area contributed by atoms with Gasteiger partial charge in [-0.05, 0) is 36.4 Å². The van der Waals surface area contributed by atoms with Gasteiger partial charge in [-0.3, -0.25) is 14.6 Å². The molecule has 1 heterocycles. The van der Waals surface area contributed by atoms with Crippen molar-refractivity contribution in [1.29, 1.82) is 0 Å². The van der Waals surface area contributed by atoms with E-state index in [9.17, 15) is 9.59 Å². The topological polar surface area (TPSA) is 59.1 Å². The number of pyridine rings is 1. The Morgan fingerprint density at radius 2 is 1.76 bits per heavy atom. The molecule has 0 atom stereocenters. The van der Waals surface area contributed by atoms with Crippen molar-refractivity contribution in [3.05, 3.63) is 48.3 Å². The Kier molecular flexibility index (Phi) is 5.11. The third kappa shape index (κ3) is 4.43. The number of anilines is 1. The molecule has 5 heteroatoms. The third-order valence-electron chi connectivity index (χ3n) is 2.75. The van der Waals surface area contributed by atoms with E-state index >= 15 is 0 Å². The predicted molar refractivity (Wildman–Crippen MR) is 83.7 cm³/mol. The summed E-state index contributed by atoms with van der Waals surface area (Å²) in [5.41, 5.74) is 1.27. The molecular weight excluding hydrogens is 284 g/mol. The molecule has 0 saturated carbocycles. The lowest BCUT2D eigenvalue weighted by atomic mass is 10.2. The first-order chi connectivity index (χ1) is 10.1. The molecule has 0 radical (unpaired) electrons. The smallest absolute Gasteiger partial charge is 0.221 e. The number of aromatic nitrogens is 1. The highest BCUT2D eigenvalue weighted by atomic mass is 32.2. The molecule has 0 aliphatic carbocycles. The zero-order valence-corrected chi connectivity index (χ0v) is 12.7. The molecule has 0 spiro atoms. The maximum Gasteiger partial charge on any atom is 0.221 e. The molecule has 0 bridgehead atoms. The largest absolute Gasteiger partial charge is 0.326 e. The Morgan fingerprint density at radius 1 is 1.10 bits per heavy atom. The van der Waals surface area contributed by atoms with E-state index in [0.717, 1.165) is 15.5 Å². The van der Waals surface area contributed by atoms with Crippen molar-refractivity contribution < 1.29 is 9.59 Å². The normalized spacial score (nSPS) is 10.2. The SMILES string of the molecule is CCC(=O)c1ccc(Sc2ccc(NC(C)=O)cc2)cn1. The quantitative estimate of drug-likeness (QED) is 0.854. The number of amides is 1. The van der Waals surface area contributed by atoms with Crippen LogP contribution in [0.2, 0.25) is 0 Å². The Bertz CT molecular complexity index is 636. The highest BCUT2D eigenvalue weighted by Gasteiger charge is 2.05. The van der Waals surface area contributed by atoms with Crippen molar-refractivity contribution >= 4 is 29.1 Å². The number of ketones is 1. The molecule has 21 heavy (non-hydrogen) atoms. The van der Waals surface area contributed by atoms with Gasteiger partial charge < -0.3 is 5.32 Å². The maximum absolute atomic E-state index is 11.5. The molecule has 0 saturated heterocycles. The van der Waals surface area contributed by atoms with Gasteiger partial charge in [0, 0.05) is 35.0 Å². The maximum atomic E-state index is 11.5. The number of hydrogen-bond acceptors (Lipinski definition) is 4. The highest BCUT2D eigenvalue weighted by molar-refractivity contribution is 7.99. The lowest BCUT2D eigenvalue weighted by molar-refractivity contribution is -0.114. The summed E-state index contributed by atoms with van der Waals surface area (Å²) in [6, 6.07) is 11.2. The van der Waals surface area contributed by atoms with Gasteiger partial charge in [-0.15, -0.1) is 0 Å². The van der Waals surface area contributed by atoms with E-state index < -0.39 is 0 Å². The Labute approximate surface area is 128 Å². The summed E-state index contributed by atoms with van der Waals surface area (Å²) in [7, 11) is 0. The number of hydrogen-bond donors (Lipinski definition) is 1. The van der Waals surface area contributed by atoms with Crippen LogP contribution in [0.3, 0.4) is 0 Å². The fourth-order valence-corrected chi connectivity index (χ4v) is 2.52. The van der Waals surface area contributed by atoms with Gasteiger partial charge in [-0.2, -0.15) is 0 Å². The summed E-state index contributed by atoms with van der Waals surface area (Å²) in [5.74, 6) is -0.0398. The lowest BCUT2D eigenvalue weighted by Crippen LogP contribution is -2.05. The second kappa shape index (κ2) is 7.04. The van der Waals surface area contributed by atoms with Crippen LogP contribution in [0.15, 0.2) is 52.4 Å². The average molecular weight is 300 g/mol. The summed E-state index contributed by atoms with van der Waals surface area (Å²) in [5, 5.41) is 2.72. The van der Waals surface area contributed by atoms with Crippen LogP contribution in [0.5, 0.6) is 0 Å². The molecule has 2 aromatic rings. The van der Waals surface area contributed by atoms with Crippen LogP contribution >= 0.6 is 11.8 Å². The number of nitrogens with zero attached hydrogens (tertiary/aromatic N) is 1. The summed E-state index contributed by atoms with van der Waals surface area (Å²) < 4.78 is 0. The fraction of sp³-hybridized carbons (Fsp3) is 0.188. The van der Waals surface area contributed by atoms with Crippen LogP contribution in [-0.4, -0.2) is 16.7 Å². The van der Waals surface area contributed by atoms with E-state index in [4.69, 9.17) is 0 Å². The van der Waals surface area contributed by atoms with E-state index in [0.29, 0.717) is 12.1 Å². The standard InChI is InChI=1S/C16H16N2O2S/c1-3-16(20)15-9-8-14(10-17-15)21-13-6-4-12(5-7-13)18-11(2)19/h4-10H,3H2,1-2H3,(H,18,19). The van der Waals surface area contributed by atoms with Crippen LogP contribution in [0.4, 0.5) is 5.69 Å². The van der Waals surface area contributed by atoms with Crippen molar-refractivity contribution in [3.63, 3.8) is 0 Å². The summed E-state index contributed by atoms with van der Waals surface area (Å²) in [6.45, 7) is 3.30. The van der Waals surface area contributed by atoms with Gasteiger partial charge in [0.05, 0.1) is 0 Å². The Balaban J connectivity index is 2.04. The van der Waals surface area contributed by atoms with E-state index in [-0.39, 0.29) is 11.7 Å². The first kappa shape index (κ1) is 15.3. The molecule has 2 rings (SSSR count). The van der Waals surface area contributed by atoms with Crippen molar-refractivity contribution in [2.45, 2.75) is 30.1 Å². The molecule has 108 valence electrons. The van der Waals surface area contributed by atoms with Gasteiger partial charge in [0.2, 0.25) is 5.91 Å². The van der Waals surface area contributed by atoms with Gasteiger partial charge in [-0.25, -0.2) is 0 Å². The van der Waals surface area contributed by atoms with Crippen LogP contribution in [0.1, 0.15) is 30.8 Å². The fourth-order valence-electron chi connectivity index (χ4n) is 1.73. The first-order valence-corrected chi connectivity index (χ1v) is 7.45. The van der Waals surface area contributed by atoms with Crippen molar-refractivity contribution in [2.24, 2.45) is 0 Å². The van der Waals surface area contributed by atoms with Crippen LogP contribution in [0.25, 0.3) is 0 Å². The van der Waals surface area contributed by atoms with Crippen molar-refractivity contribution in [2.75, 3.05) is 5.32 Å². The molecule has 0 aliphatic heterocycles. The van der Waals surface area contributed by atoms with Crippen molar-refractivity contribution in [1.82, 2.24) is 4.98 Å². The number of Topliss-reactive ketones (excluding diaryl/α,β-unsaturated/α-hetero) is 1. The third-order valence-corrected chi connectivity index (χ3v) is 3.74. The van der Waals surface area contributed by atoms with E-state index in [1.54, 1.807) is 24.0 Å². The van der Waals surface area contributed by atoms with Crippen molar-refractivity contribution in [3.8, 4) is 0 Å². The second-order valence-electron chi connectivity index (χ2n) is 4.46. The summed E-state index contributed by atoms with van der Waals surface area (Å²) in [4.78, 5) is 28.6. The Hall–Kier alpha value is -2.14. The highest BCUT2D eigenvalue weighted by Crippen LogP contribution is 2.28. The van der Waals surface area contributed by atoms with Gasteiger partial charge in [0.25, 0.3) is 0 Å². The summed E-state index contributed by atoms with van der Waals surface area (Å²) in [6.07, 6.45) is 2.17. The van der Waals surface area contributed by atoms with Crippen LogP contribution in [-0.2, 0) is 4.79 Å². The lowest BCUT2D eigenvalue weighted by Gasteiger charge is -2.05. The number of carbonyl (C=O) groups is 2.